The van der Waals surface area contributed by atoms with Crippen molar-refractivity contribution in [3.63, 3.8) is 0 Å². The summed E-state index contributed by atoms with van der Waals surface area (Å²) in [6.07, 6.45) is 1.59. The summed E-state index contributed by atoms with van der Waals surface area (Å²) in [4.78, 5) is 21.3. The van der Waals surface area contributed by atoms with E-state index in [0.29, 0.717) is 36.6 Å². The zero-order valence-electron chi connectivity index (χ0n) is 21.8. The number of amides is 2. The van der Waals surface area contributed by atoms with Crippen molar-refractivity contribution < 1.29 is 13.2 Å². The highest BCUT2D eigenvalue weighted by Gasteiger charge is 2.26. The molecule has 36 heavy (non-hydrogen) atoms. The van der Waals surface area contributed by atoms with Crippen LogP contribution in [0.2, 0.25) is 0 Å². The van der Waals surface area contributed by atoms with Crippen LogP contribution in [0.5, 0.6) is 0 Å². The molecule has 1 heterocycles. The van der Waals surface area contributed by atoms with E-state index in [1.54, 1.807) is 27.8 Å². The molecule has 0 saturated heterocycles. The van der Waals surface area contributed by atoms with Gasteiger partial charge >= 0.3 is 6.03 Å². The van der Waals surface area contributed by atoms with Crippen molar-refractivity contribution >= 4 is 21.6 Å². The van der Waals surface area contributed by atoms with Crippen LogP contribution in [0.1, 0.15) is 30.7 Å². The summed E-state index contributed by atoms with van der Waals surface area (Å²) in [6.45, 7) is 7.93. The Kier molecular flexibility index (Phi) is 9.28. The van der Waals surface area contributed by atoms with Crippen molar-refractivity contribution in [1.82, 2.24) is 19.4 Å². The molecule has 1 N–H and O–H groups in total. The molecule has 8 nitrogen and oxygen atoms in total. The van der Waals surface area contributed by atoms with E-state index in [1.807, 2.05) is 82.2 Å². The molecule has 0 atom stereocenters. The van der Waals surface area contributed by atoms with E-state index in [9.17, 15) is 13.2 Å². The third kappa shape index (κ3) is 7.66. The van der Waals surface area contributed by atoms with Gasteiger partial charge in [0.2, 0.25) is 15.0 Å². The standard InChI is InChI=1S/C27H37N5O3S/c1-21(2)18-32-25(17-28-27(32)36(34,35)20-23-9-7-6-8-10-23)19-31(16-15-30(4)5)26(33)29-24-13-11-22(3)12-14-24/h6-14,17,21H,15-16,18-20H2,1-5H3,(H,29,33). The second kappa shape index (κ2) is 12.2. The van der Waals surface area contributed by atoms with Gasteiger partial charge in [0.15, 0.2) is 0 Å². The Hall–Kier alpha value is -3.17. The number of likely N-dealkylation sites (N-methyl/N-ethyl adjacent to an activating group) is 1. The molecule has 2 aromatic carbocycles. The Labute approximate surface area is 214 Å². The van der Waals surface area contributed by atoms with Crippen LogP contribution in [0.4, 0.5) is 10.5 Å². The van der Waals surface area contributed by atoms with Crippen LogP contribution in [0.3, 0.4) is 0 Å². The minimum Gasteiger partial charge on any atom is -0.317 e. The molecular weight excluding hydrogens is 474 g/mol. The van der Waals surface area contributed by atoms with Crippen molar-refractivity contribution in [3.8, 4) is 0 Å². The summed E-state index contributed by atoms with van der Waals surface area (Å²) in [7, 11) is 0.225. The fourth-order valence-corrected chi connectivity index (χ4v) is 5.29. The van der Waals surface area contributed by atoms with Gasteiger partial charge in [0.25, 0.3) is 0 Å². The van der Waals surface area contributed by atoms with Crippen molar-refractivity contribution in [1.29, 1.82) is 0 Å². The Morgan fingerprint density at radius 1 is 1.03 bits per heavy atom. The molecule has 0 saturated carbocycles. The summed E-state index contributed by atoms with van der Waals surface area (Å²) in [6, 6.07) is 16.5. The number of rotatable bonds is 11. The number of aryl methyl sites for hydroxylation is 1. The summed E-state index contributed by atoms with van der Waals surface area (Å²) in [5, 5.41) is 3.01. The number of hydrogen-bond donors (Lipinski definition) is 1. The van der Waals surface area contributed by atoms with Gasteiger partial charge in [0.05, 0.1) is 24.2 Å². The molecule has 2 amide bonds. The largest absolute Gasteiger partial charge is 0.322 e. The molecule has 0 spiro atoms. The maximum atomic E-state index is 13.3. The highest BCUT2D eigenvalue weighted by atomic mass is 32.2. The Balaban J connectivity index is 1.89. The van der Waals surface area contributed by atoms with Gasteiger partial charge in [-0.25, -0.2) is 18.2 Å². The molecule has 194 valence electrons. The highest BCUT2D eigenvalue weighted by Crippen LogP contribution is 2.21. The predicted molar refractivity (Wildman–Crippen MR) is 144 cm³/mol. The van der Waals surface area contributed by atoms with Gasteiger partial charge in [0, 0.05) is 25.3 Å². The third-order valence-electron chi connectivity index (χ3n) is 5.69. The average molecular weight is 512 g/mol. The monoisotopic (exact) mass is 511 g/mol. The first kappa shape index (κ1) is 27.4. The van der Waals surface area contributed by atoms with Gasteiger partial charge in [0.1, 0.15) is 0 Å². The molecule has 3 rings (SSSR count). The zero-order valence-corrected chi connectivity index (χ0v) is 22.6. The molecule has 3 aromatic rings. The van der Waals surface area contributed by atoms with Crippen molar-refractivity contribution in [2.75, 3.05) is 32.5 Å². The van der Waals surface area contributed by atoms with Gasteiger partial charge in [-0.15, -0.1) is 0 Å². The number of carbonyl (C=O) groups excluding carboxylic acids is 1. The smallest absolute Gasteiger partial charge is 0.317 e. The van der Waals surface area contributed by atoms with Crippen LogP contribution in [-0.2, 0) is 28.7 Å². The maximum absolute atomic E-state index is 13.3. The van der Waals surface area contributed by atoms with Gasteiger partial charge in [-0.1, -0.05) is 61.9 Å². The van der Waals surface area contributed by atoms with Crippen LogP contribution in [0, 0.1) is 12.8 Å². The molecule has 0 aliphatic carbocycles. The van der Waals surface area contributed by atoms with Crippen molar-refractivity contribution in [3.05, 3.63) is 77.6 Å². The number of hydrogen-bond acceptors (Lipinski definition) is 5. The van der Waals surface area contributed by atoms with Crippen LogP contribution in [0.15, 0.2) is 66.0 Å². The number of carbonyl (C=O) groups is 1. The number of imidazole rings is 1. The number of aromatic nitrogens is 2. The SMILES string of the molecule is Cc1ccc(NC(=O)N(CCN(C)C)Cc2cnc(S(=O)(=O)Cc3ccccc3)n2CC(C)C)cc1. The van der Waals surface area contributed by atoms with Crippen LogP contribution in [0.25, 0.3) is 0 Å². The van der Waals surface area contributed by atoms with Crippen LogP contribution >= 0.6 is 0 Å². The summed E-state index contributed by atoms with van der Waals surface area (Å²) < 4.78 is 28.4. The minimum atomic E-state index is -3.68. The maximum Gasteiger partial charge on any atom is 0.322 e. The van der Waals surface area contributed by atoms with Crippen LogP contribution < -0.4 is 5.32 Å². The van der Waals surface area contributed by atoms with Crippen molar-refractivity contribution in [2.45, 2.75) is 44.8 Å². The van der Waals surface area contributed by atoms with E-state index in [0.717, 1.165) is 5.56 Å². The molecule has 1 aromatic heterocycles. The zero-order chi connectivity index (χ0) is 26.3. The number of benzene rings is 2. The van der Waals surface area contributed by atoms with E-state index < -0.39 is 9.84 Å². The molecule has 9 heteroatoms. The molecule has 0 fully saturated rings. The normalized spacial score (nSPS) is 11.8. The molecule has 0 unspecified atom stereocenters. The fourth-order valence-electron chi connectivity index (χ4n) is 3.79. The predicted octanol–water partition coefficient (Wildman–Crippen LogP) is 4.42. The van der Waals surface area contributed by atoms with E-state index in [1.165, 1.54) is 0 Å². The average Bonchev–Trinajstić information content (AvgIpc) is 3.20. The fraction of sp³-hybridized carbons (Fsp3) is 0.407. The van der Waals surface area contributed by atoms with E-state index in [4.69, 9.17) is 0 Å². The van der Waals surface area contributed by atoms with E-state index >= 15 is 0 Å². The van der Waals surface area contributed by atoms with Gasteiger partial charge < -0.3 is 19.7 Å². The number of nitrogens with one attached hydrogen (secondary N) is 1. The molecular formula is C27H37N5O3S. The molecule has 0 aliphatic rings. The lowest BCUT2D eigenvalue weighted by molar-refractivity contribution is 0.200. The Morgan fingerprint density at radius 2 is 1.69 bits per heavy atom. The summed E-state index contributed by atoms with van der Waals surface area (Å²) in [5.74, 6) is 0.0703. The van der Waals surface area contributed by atoms with Crippen LogP contribution in [-0.4, -0.2) is 61.0 Å². The van der Waals surface area contributed by atoms with Gasteiger partial charge in [-0.3, -0.25) is 0 Å². The molecule has 0 radical (unpaired) electrons. The highest BCUT2D eigenvalue weighted by molar-refractivity contribution is 7.90. The number of sulfone groups is 1. The topological polar surface area (TPSA) is 87.5 Å². The van der Waals surface area contributed by atoms with Gasteiger partial charge in [-0.2, -0.15) is 0 Å². The summed E-state index contributed by atoms with van der Waals surface area (Å²) >= 11 is 0. The number of nitrogens with zero attached hydrogens (tertiary/aromatic N) is 4. The van der Waals surface area contributed by atoms with E-state index in [-0.39, 0.29) is 29.4 Å². The first-order chi connectivity index (χ1) is 17.0. The second-order valence-corrected chi connectivity index (χ2v) is 11.7. The Bertz CT molecular complexity index is 1240. The lowest BCUT2D eigenvalue weighted by atomic mass is 10.2. The second-order valence-electron chi connectivity index (χ2n) is 9.80. The number of anilines is 1. The minimum absolute atomic E-state index is 0.0431. The van der Waals surface area contributed by atoms with E-state index in [2.05, 4.69) is 10.3 Å². The van der Waals surface area contributed by atoms with Crippen molar-refractivity contribution in [2.24, 2.45) is 5.92 Å². The summed E-state index contributed by atoms with van der Waals surface area (Å²) in [5.41, 5.74) is 3.22. The lowest BCUT2D eigenvalue weighted by Crippen LogP contribution is -2.39. The quantitative estimate of drug-likeness (QED) is 0.412. The number of urea groups is 1. The van der Waals surface area contributed by atoms with Gasteiger partial charge in [-0.05, 0) is 44.6 Å². The third-order valence-corrected chi connectivity index (χ3v) is 7.28. The molecule has 0 bridgehead atoms. The lowest BCUT2D eigenvalue weighted by Gasteiger charge is -2.26. The first-order valence-electron chi connectivity index (χ1n) is 12.1. The molecule has 0 aliphatic heterocycles. The Morgan fingerprint density at radius 3 is 2.31 bits per heavy atom. The first-order valence-corrected chi connectivity index (χ1v) is 13.8.